The van der Waals surface area contributed by atoms with Crippen LogP contribution < -0.4 is 4.74 Å². The summed E-state index contributed by atoms with van der Waals surface area (Å²) in [6, 6.07) is 7.11. The van der Waals surface area contributed by atoms with E-state index >= 15 is 0 Å². The molecule has 0 fully saturated rings. The van der Waals surface area contributed by atoms with Crippen LogP contribution in [-0.4, -0.2) is 25.2 Å². The van der Waals surface area contributed by atoms with Crippen molar-refractivity contribution in [3.63, 3.8) is 0 Å². The van der Waals surface area contributed by atoms with Crippen molar-refractivity contribution in [2.45, 2.75) is 6.42 Å². The van der Waals surface area contributed by atoms with Gasteiger partial charge in [-0.15, -0.1) is 0 Å². The van der Waals surface area contributed by atoms with Crippen molar-refractivity contribution in [1.29, 1.82) is 0 Å². The van der Waals surface area contributed by atoms with E-state index in [1.54, 1.807) is 19.2 Å². The molecule has 1 aromatic heterocycles. The quantitative estimate of drug-likeness (QED) is 0.801. The van der Waals surface area contributed by atoms with Crippen molar-refractivity contribution >= 4 is 28.5 Å². The van der Waals surface area contributed by atoms with E-state index in [1.165, 1.54) is 7.11 Å². The summed E-state index contributed by atoms with van der Waals surface area (Å²) in [7, 11) is 2.93. The molecule has 0 saturated heterocycles. The number of fused-ring (bicyclic) bond motifs is 1. The van der Waals surface area contributed by atoms with Crippen LogP contribution in [0.1, 0.15) is 5.69 Å². The van der Waals surface area contributed by atoms with E-state index in [-0.39, 0.29) is 12.4 Å². The highest BCUT2D eigenvalue weighted by atomic mass is 35.5. The molecule has 1 heterocycles. The van der Waals surface area contributed by atoms with Gasteiger partial charge >= 0.3 is 5.97 Å². The third-order valence-electron chi connectivity index (χ3n) is 2.57. The number of hydrogen-bond acceptors (Lipinski definition) is 4. The Morgan fingerprint density at radius 2 is 2.11 bits per heavy atom. The van der Waals surface area contributed by atoms with Crippen LogP contribution in [0.2, 0.25) is 5.02 Å². The molecule has 0 unspecified atom stereocenters. The molecular formula is C13H12ClNO3. The number of pyridine rings is 1. The highest BCUT2D eigenvalue weighted by molar-refractivity contribution is 6.35. The Bertz CT molecular complexity index is 598. The third kappa shape index (κ3) is 2.54. The van der Waals surface area contributed by atoms with Crippen LogP contribution in [0, 0.1) is 0 Å². The molecule has 18 heavy (non-hydrogen) atoms. The molecule has 0 aliphatic heterocycles. The number of methoxy groups -OCH3 is 2. The summed E-state index contributed by atoms with van der Waals surface area (Å²) < 4.78 is 9.73. The van der Waals surface area contributed by atoms with Crippen LogP contribution in [0.15, 0.2) is 24.3 Å². The molecule has 4 nitrogen and oxygen atoms in total. The van der Waals surface area contributed by atoms with Gasteiger partial charge in [0.05, 0.1) is 36.9 Å². The van der Waals surface area contributed by atoms with Crippen molar-refractivity contribution < 1.29 is 14.3 Å². The first kappa shape index (κ1) is 12.6. The van der Waals surface area contributed by atoms with Gasteiger partial charge < -0.3 is 9.47 Å². The molecule has 0 saturated carbocycles. The Kier molecular flexibility index (Phi) is 3.67. The Morgan fingerprint density at radius 1 is 1.33 bits per heavy atom. The summed E-state index contributed by atoms with van der Waals surface area (Å²) in [6.45, 7) is 0. The summed E-state index contributed by atoms with van der Waals surface area (Å²) in [5.74, 6) is 0.349. The second-order valence-electron chi connectivity index (χ2n) is 3.73. The monoisotopic (exact) mass is 265 g/mol. The van der Waals surface area contributed by atoms with E-state index in [9.17, 15) is 4.79 Å². The van der Waals surface area contributed by atoms with Crippen molar-refractivity contribution in [2.24, 2.45) is 0 Å². The van der Waals surface area contributed by atoms with Crippen LogP contribution in [0.4, 0.5) is 0 Å². The average Bonchev–Trinajstić information content (AvgIpc) is 2.37. The fourth-order valence-corrected chi connectivity index (χ4v) is 1.94. The SMILES string of the molecule is COC(=O)Cc1cc(Cl)c2ccc(OC)cc2n1. The van der Waals surface area contributed by atoms with Crippen LogP contribution in [0.3, 0.4) is 0 Å². The minimum absolute atomic E-state index is 0.101. The van der Waals surface area contributed by atoms with E-state index in [0.717, 1.165) is 5.39 Å². The number of carbonyl (C=O) groups excluding carboxylic acids is 1. The molecule has 0 radical (unpaired) electrons. The first-order valence-electron chi connectivity index (χ1n) is 5.34. The molecule has 0 aliphatic rings. The first-order valence-corrected chi connectivity index (χ1v) is 5.72. The molecule has 2 aromatic rings. The van der Waals surface area contributed by atoms with Crippen molar-refractivity contribution in [1.82, 2.24) is 4.98 Å². The molecule has 0 amide bonds. The predicted molar refractivity (Wildman–Crippen MR) is 69.0 cm³/mol. The van der Waals surface area contributed by atoms with E-state index in [0.29, 0.717) is 22.0 Å². The van der Waals surface area contributed by atoms with Gasteiger partial charge in [-0.1, -0.05) is 11.6 Å². The van der Waals surface area contributed by atoms with E-state index in [2.05, 4.69) is 9.72 Å². The second kappa shape index (κ2) is 5.23. The van der Waals surface area contributed by atoms with Crippen LogP contribution >= 0.6 is 11.6 Å². The fraction of sp³-hybridized carbons (Fsp3) is 0.231. The first-order chi connectivity index (χ1) is 8.63. The number of esters is 1. The maximum absolute atomic E-state index is 11.2. The van der Waals surface area contributed by atoms with Crippen molar-refractivity contribution in [3.05, 3.63) is 35.0 Å². The highest BCUT2D eigenvalue weighted by Gasteiger charge is 2.09. The van der Waals surface area contributed by atoms with Crippen LogP contribution in [0.25, 0.3) is 10.9 Å². The molecule has 0 N–H and O–H groups in total. The molecule has 2 rings (SSSR count). The number of ether oxygens (including phenoxy) is 2. The third-order valence-corrected chi connectivity index (χ3v) is 2.89. The van der Waals surface area contributed by atoms with Gasteiger partial charge in [0.1, 0.15) is 5.75 Å². The number of halogens is 1. The van der Waals surface area contributed by atoms with E-state index < -0.39 is 0 Å². The summed E-state index contributed by atoms with van der Waals surface area (Å²) in [4.78, 5) is 15.6. The molecular weight excluding hydrogens is 254 g/mol. The highest BCUT2D eigenvalue weighted by Crippen LogP contribution is 2.26. The molecule has 0 atom stereocenters. The number of hydrogen-bond donors (Lipinski definition) is 0. The maximum Gasteiger partial charge on any atom is 0.311 e. The average molecular weight is 266 g/mol. The second-order valence-corrected chi connectivity index (χ2v) is 4.14. The van der Waals surface area contributed by atoms with Gasteiger partial charge in [-0.3, -0.25) is 9.78 Å². The molecule has 1 aromatic carbocycles. The normalized spacial score (nSPS) is 10.4. The minimum Gasteiger partial charge on any atom is -0.497 e. The zero-order valence-electron chi connectivity index (χ0n) is 10.1. The number of rotatable bonds is 3. The number of benzene rings is 1. The van der Waals surface area contributed by atoms with E-state index in [4.69, 9.17) is 16.3 Å². The van der Waals surface area contributed by atoms with Crippen LogP contribution in [0.5, 0.6) is 5.75 Å². The molecule has 5 heteroatoms. The summed E-state index contributed by atoms with van der Waals surface area (Å²) >= 11 is 6.15. The summed E-state index contributed by atoms with van der Waals surface area (Å²) in [5, 5.41) is 1.38. The smallest absolute Gasteiger partial charge is 0.311 e. The van der Waals surface area contributed by atoms with Gasteiger partial charge in [0.2, 0.25) is 0 Å². The minimum atomic E-state index is -0.346. The van der Waals surface area contributed by atoms with Gasteiger partial charge in [0.15, 0.2) is 0 Å². The Labute approximate surface area is 109 Å². The zero-order chi connectivity index (χ0) is 13.1. The van der Waals surface area contributed by atoms with Crippen molar-refractivity contribution in [3.8, 4) is 5.75 Å². The number of carbonyl (C=O) groups is 1. The topological polar surface area (TPSA) is 48.4 Å². The van der Waals surface area contributed by atoms with Crippen LogP contribution in [-0.2, 0) is 16.0 Å². The number of aromatic nitrogens is 1. The lowest BCUT2D eigenvalue weighted by Crippen LogP contribution is -2.06. The van der Waals surface area contributed by atoms with Crippen molar-refractivity contribution in [2.75, 3.05) is 14.2 Å². The Hall–Kier alpha value is -1.81. The zero-order valence-corrected chi connectivity index (χ0v) is 10.8. The van der Waals surface area contributed by atoms with Gasteiger partial charge in [-0.2, -0.15) is 0 Å². The van der Waals surface area contributed by atoms with Gasteiger partial charge in [0, 0.05) is 11.5 Å². The van der Waals surface area contributed by atoms with Gasteiger partial charge in [-0.05, 0) is 18.2 Å². The number of nitrogens with zero attached hydrogens (tertiary/aromatic N) is 1. The molecule has 0 bridgehead atoms. The standard InChI is InChI=1S/C13H12ClNO3/c1-17-9-3-4-10-11(14)5-8(6-13(16)18-2)15-12(10)7-9/h3-5,7H,6H2,1-2H3. The molecule has 0 aliphatic carbocycles. The summed E-state index contributed by atoms with van der Waals surface area (Å²) in [6.07, 6.45) is 0.101. The lowest BCUT2D eigenvalue weighted by molar-refractivity contribution is -0.139. The summed E-state index contributed by atoms with van der Waals surface area (Å²) in [5.41, 5.74) is 1.27. The van der Waals surface area contributed by atoms with E-state index in [1.807, 2.05) is 12.1 Å². The lowest BCUT2D eigenvalue weighted by Gasteiger charge is -2.06. The maximum atomic E-state index is 11.2. The Morgan fingerprint density at radius 3 is 2.78 bits per heavy atom. The van der Waals surface area contributed by atoms with Gasteiger partial charge in [0.25, 0.3) is 0 Å². The Balaban J connectivity index is 2.48. The predicted octanol–water partition coefficient (Wildman–Crippen LogP) is 2.61. The fourth-order valence-electron chi connectivity index (χ4n) is 1.65. The largest absolute Gasteiger partial charge is 0.497 e. The molecule has 0 spiro atoms. The lowest BCUT2D eigenvalue weighted by atomic mass is 10.1. The van der Waals surface area contributed by atoms with Gasteiger partial charge in [-0.25, -0.2) is 0 Å². The molecule has 94 valence electrons.